The van der Waals surface area contributed by atoms with E-state index >= 15 is 0 Å². The standard InChI is InChI=1S/C23H24N2O4S/c1-16-5-8-19(9-6-16)25-30(27,28)21-12-10-20(11-13-21)29-15-23(26)24-22-14-17(2)4-7-18(22)3/h4-14,25H,15H2,1-3H3,(H,24,26). The third-order valence-corrected chi connectivity index (χ3v) is 5.87. The zero-order valence-electron chi connectivity index (χ0n) is 17.1. The number of amides is 1. The first-order chi connectivity index (χ1) is 14.2. The van der Waals surface area contributed by atoms with E-state index in [1.54, 1.807) is 12.1 Å². The Kier molecular flexibility index (Phi) is 6.42. The third-order valence-electron chi connectivity index (χ3n) is 4.47. The van der Waals surface area contributed by atoms with Crippen LogP contribution in [0.4, 0.5) is 11.4 Å². The number of rotatable bonds is 7. The lowest BCUT2D eigenvalue weighted by molar-refractivity contribution is -0.118. The van der Waals surface area contributed by atoms with Crippen LogP contribution in [0, 0.1) is 20.8 Å². The van der Waals surface area contributed by atoms with Gasteiger partial charge in [-0.3, -0.25) is 9.52 Å². The molecular weight excluding hydrogens is 400 g/mol. The molecule has 1 amide bonds. The minimum absolute atomic E-state index is 0.107. The van der Waals surface area contributed by atoms with Gasteiger partial charge in [-0.25, -0.2) is 8.42 Å². The topological polar surface area (TPSA) is 84.5 Å². The van der Waals surface area contributed by atoms with Gasteiger partial charge in [-0.2, -0.15) is 0 Å². The number of nitrogens with one attached hydrogen (secondary N) is 2. The quantitative estimate of drug-likeness (QED) is 0.588. The Balaban J connectivity index is 1.59. The van der Waals surface area contributed by atoms with Crippen molar-refractivity contribution in [1.82, 2.24) is 0 Å². The summed E-state index contributed by atoms with van der Waals surface area (Å²) in [6.45, 7) is 5.62. The van der Waals surface area contributed by atoms with Crippen LogP contribution in [0.2, 0.25) is 0 Å². The predicted octanol–water partition coefficient (Wildman–Crippen LogP) is 4.43. The van der Waals surface area contributed by atoms with E-state index < -0.39 is 10.0 Å². The van der Waals surface area contributed by atoms with Gasteiger partial charge < -0.3 is 10.1 Å². The first-order valence-electron chi connectivity index (χ1n) is 9.42. The fourth-order valence-corrected chi connectivity index (χ4v) is 3.82. The number of carbonyl (C=O) groups excluding carboxylic acids is 1. The third kappa shape index (κ3) is 5.61. The smallest absolute Gasteiger partial charge is 0.262 e. The van der Waals surface area contributed by atoms with Crippen molar-refractivity contribution in [3.05, 3.63) is 83.4 Å². The highest BCUT2D eigenvalue weighted by atomic mass is 32.2. The molecule has 0 aromatic heterocycles. The molecule has 0 spiro atoms. The van der Waals surface area contributed by atoms with Gasteiger partial charge in [0.2, 0.25) is 0 Å². The average Bonchev–Trinajstić information content (AvgIpc) is 2.71. The number of hydrogen-bond acceptors (Lipinski definition) is 4. The molecule has 156 valence electrons. The Morgan fingerprint density at radius 2 is 1.50 bits per heavy atom. The zero-order valence-corrected chi connectivity index (χ0v) is 17.9. The van der Waals surface area contributed by atoms with Crippen molar-refractivity contribution in [2.75, 3.05) is 16.6 Å². The van der Waals surface area contributed by atoms with E-state index in [2.05, 4.69) is 10.0 Å². The van der Waals surface area contributed by atoms with Gasteiger partial charge in [0.15, 0.2) is 6.61 Å². The van der Waals surface area contributed by atoms with Gasteiger partial charge in [0.1, 0.15) is 5.75 Å². The number of aryl methyl sites for hydroxylation is 3. The largest absolute Gasteiger partial charge is 0.484 e. The zero-order chi connectivity index (χ0) is 21.7. The molecule has 0 radical (unpaired) electrons. The van der Waals surface area contributed by atoms with Crippen LogP contribution in [0.1, 0.15) is 16.7 Å². The number of anilines is 2. The fourth-order valence-electron chi connectivity index (χ4n) is 2.76. The number of benzene rings is 3. The highest BCUT2D eigenvalue weighted by Crippen LogP contribution is 2.20. The molecule has 2 N–H and O–H groups in total. The maximum absolute atomic E-state index is 12.5. The number of carbonyl (C=O) groups is 1. The molecule has 0 unspecified atom stereocenters. The van der Waals surface area contributed by atoms with Crippen LogP contribution in [0.3, 0.4) is 0 Å². The van der Waals surface area contributed by atoms with Crippen molar-refractivity contribution in [3.8, 4) is 5.75 Å². The molecule has 30 heavy (non-hydrogen) atoms. The van der Waals surface area contributed by atoms with E-state index in [1.807, 2.05) is 51.1 Å². The van der Waals surface area contributed by atoms with Gasteiger partial charge in [0.25, 0.3) is 15.9 Å². The Labute approximate surface area is 177 Å². The summed E-state index contributed by atoms with van der Waals surface area (Å²) in [7, 11) is -3.71. The molecule has 7 heteroatoms. The molecule has 6 nitrogen and oxygen atoms in total. The average molecular weight is 425 g/mol. The van der Waals surface area contributed by atoms with Crippen LogP contribution in [0.15, 0.2) is 71.6 Å². The van der Waals surface area contributed by atoms with Gasteiger partial charge in [0, 0.05) is 11.4 Å². The Bertz CT molecular complexity index is 1140. The summed E-state index contributed by atoms with van der Waals surface area (Å²) in [5.74, 6) is 0.113. The molecule has 0 aliphatic carbocycles. The lowest BCUT2D eigenvalue weighted by Crippen LogP contribution is -2.20. The molecule has 0 bridgehead atoms. The summed E-state index contributed by atoms with van der Waals surface area (Å²) in [5, 5.41) is 2.82. The van der Waals surface area contributed by atoms with Crippen LogP contribution < -0.4 is 14.8 Å². The lowest BCUT2D eigenvalue weighted by atomic mass is 10.1. The lowest BCUT2D eigenvalue weighted by Gasteiger charge is -2.11. The first-order valence-corrected chi connectivity index (χ1v) is 10.9. The molecule has 3 aromatic carbocycles. The molecule has 3 aromatic rings. The minimum Gasteiger partial charge on any atom is -0.484 e. The molecule has 0 fully saturated rings. The molecule has 0 saturated heterocycles. The number of sulfonamides is 1. The first kappa shape index (κ1) is 21.4. The molecule has 0 heterocycles. The normalized spacial score (nSPS) is 11.0. The molecule has 0 saturated carbocycles. The van der Waals surface area contributed by atoms with Crippen molar-refractivity contribution >= 4 is 27.3 Å². The van der Waals surface area contributed by atoms with Crippen LogP contribution in [0.5, 0.6) is 5.75 Å². The molecule has 0 aliphatic heterocycles. The Morgan fingerprint density at radius 1 is 0.867 bits per heavy atom. The van der Waals surface area contributed by atoms with E-state index in [4.69, 9.17) is 4.74 Å². The van der Waals surface area contributed by atoms with Crippen molar-refractivity contribution in [2.45, 2.75) is 25.7 Å². The van der Waals surface area contributed by atoms with E-state index in [1.165, 1.54) is 24.3 Å². The summed E-state index contributed by atoms with van der Waals surface area (Å²) in [4.78, 5) is 12.3. The van der Waals surface area contributed by atoms with Crippen molar-refractivity contribution in [3.63, 3.8) is 0 Å². The fraction of sp³-hybridized carbons (Fsp3) is 0.174. The van der Waals surface area contributed by atoms with Gasteiger partial charge in [-0.1, -0.05) is 29.8 Å². The van der Waals surface area contributed by atoms with Crippen LogP contribution in [-0.2, 0) is 14.8 Å². The summed E-state index contributed by atoms with van der Waals surface area (Å²) < 4.78 is 33.0. The number of ether oxygens (including phenoxy) is 1. The van der Waals surface area contributed by atoms with E-state index in [0.717, 1.165) is 22.4 Å². The summed E-state index contributed by atoms with van der Waals surface area (Å²) >= 11 is 0. The molecule has 3 rings (SSSR count). The van der Waals surface area contributed by atoms with Gasteiger partial charge >= 0.3 is 0 Å². The van der Waals surface area contributed by atoms with Crippen molar-refractivity contribution in [2.24, 2.45) is 0 Å². The second-order valence-corrected chi connectivity index (χ2v) is 8.78. The Morgan fingerprint density at radius 3 is 2.17 bits per heavy atom. The second-order valence-electron chi connectivity index (χ2n) is 7.10. The Hall–Kier alpha value is -3.32. The number of hydrogen-bond donors (Lipinski definition) is 2. The monoisotopic (exact) mass is 424 g/mol. The van der Waals surface area contributed by atoms with E-state index in [9.17, 15) is 13.2 Å². The van der Waals surface area contributed by atoms with Gasteiger partial charge in [0.05, 0.1) is 4.90 Å². The van der Waals surface area contributed by atoms with Gasteiger partial charge in [-0.05, 0) is 74.4 Å². The SMILES string of the molecule is Cc1ccc(NS(=O)(=O)c2ccc(OCC(=O)Nc3cc(C)ccc3C)cc2)cc1. The second kappa shape index (κ2) is 9.00. The minimum atomic E-state index is -3.71. The molecule has 0 aliphatic rings. The van der Waals surface area contributed by atoms with E-state index in [0.29, 0.717) is 11.4 Å². The maximum atomic E-state index is 12.5. The summed E-state index contributed by atoms with van der Waals surface area (Å²) in [5.41, 5.74) is 4.29. The molecular formula is C23H24N2O4S. The van der Waals surface area contributed by atoms with Crippen LogP contribution in [-0.4, -0.2) is 20.9 Å². The van der Waals surface area contributed by atoms with Crippen molar-refractivity contribution in [1.29, 1.82) is 0 Å². The van der Waals surface area contributed by atoms with Gasteiger partial charge in [-0.15, -0.1) is 0 Å². The predicted molar refractivity (Wildman–Crippen MR) is 118 cm³/mol. The molecule has 0 atom stereocenters. The van der Waals surface area contributed by atoms with Crippen LogP contribution >= 0.6 is 0 Å². The summed E-state index contributed by atoms with van der Waals surface area (Å²) in [6.07, 6.45) is 0. The highest BCUT2D eigenvalue weighted by Gasteiger charge is 2.14. The van der Waals surface area contributed by atoms with Crippen LogP contribution in [0.25, 0.3) is 0 Å². The maximum Gasteiger partial charge on any atom is 0.262 e. The van der Waals surface area contributed by atoms with Crippen molar-refractivity contribution < 1.29 is 17.9 Å². The highest BCUT2D eigenvalue weighted by molar-refractivity contribution is 7.92. The van der Waals surface area contributed by atoms with E-state index in [-0.39, 0.29) is 17.4 Å². The summed E-state index contributed by atoms with van der Waals surface area (Å²) in [6, 6.07) is 18.8.